The number of hydrogen-bond donors (Lipinski definition) is 1. The summed E-state index contributed by atoms with van der Waals surface area (Å²) in [5, 5.41) is 3.05. The molecule has 2 aromatic rings. The van der Waals surface area contributed by atoms with Crippen LogP contribution in [0.2, 0.25) is 0 Å². The molecule has 0 aliphatic rings. The summed E-state index contributed by atoms with van der Waals surface area (Å²) in [6, 6.07) is 14.3. The van der Waals surface area contributed by atoms with E-state index in [4.69, 9.17) is 0 Å². The molecular formula is C13H14N2. The maximum Gasteiger partial charge on any atom is 0.126 e. The molecule has 0 bridgehead atoms. The van der Waals surface area contributed by atoms with Crippen LogP contribution in [0.4, 0.5) is 5.82 Å². The molecule has 0 spiro atoms. The number of hydrogen-bond acceptors (Lipinski definition) is 2. The first-order chi connectivity index (χ1) is 7.31. The Labute approximate surface area is 90.0 Å². The van der Waals surface area contributed by atoms with E-state index in [1.807, 2.05) is 37.4 Å². The summed E-state index contributed by atoms with van der Waals surface area (Å²) in [6.07, 6.45) is 0. The molecule has 0 saturated carbocycles. The van der Waals surface area contributed by atoms with Gasteiger partial charge in [-0.3, -0.25) is 0 Å². The Morgan fingerprint density at radius 1 is 1.00 bits per heavy atom. The van der Waals surface area contributed by atoms with E-state index in [-0.39, 0.29) is 0 Å². The molecule has 0 atom stereocenters. The average molecular weight is 198 g/mol. The molecule has 0 amide bonds. The van der Waals surface area contributed by atoms with Crippen molar-refractivity contribution in [3.05, 3.63) is 48.0 Å². The van der Waals surface area contributed by atoms with Gasteiger partial charge in [-0.25, -0.2) is 4.98 Å². The van der Waals surface area contributed by atoms with Crippen LogP contribution in [0.15, 0.2) is 42.5 Å². The first kappa shape index (κ1) is 9.71. The molecule has 1 N–H and O–H groups in total. The van der Waals surface area contributed by atoms with E-state index in [0.717, 1.165) is 11.5 Å². The van der Waals surface area contributed by atoms with E-state index in [0.29, 0.717) is 0 Å². The van der Waals surface area contributed by atoms with E-state index in [2.05, 4.69) is 29.4 Å². The summed E-state index contributed by atoms with van der Waals surface area (Å²) in [5.74, 6) is 0.899. The van der Waals surface area contributed by atoms with Gasteiger partial charge in [-0.2, -0.15) is 0 Å². The fourth-order valence-corrected chi connectivity index (χ4v) is 1.58. The third-order valence-electron chi connectivity index (χ3n) is 2.43. The lowest BCUT2D eigenvalue weighted by atomic mass is 10.1. The lowest BCUT2D eigenvalue weighted by Crippen LogP contribution is -1.93. The Kier molecular flexibility index (Phi) is 2.68. The summed E-state index contributed by atoms with van der Waals surface area (Å²) < 4.78 is 0. The Hall–Kier alpha value is -1.83. The number of aryl methyl sites for hydroxylation is 1. The van der Waals surface area contributed by atoms with Gasteiger partial charge in [-0.1, -0.05) is 30.3 Å². The Morgan fingerprint density at radius 3 is 2.53 bits per heavy atom. The monoisotopic (exact) mass is 198 g/mol. The van der Waals surface area contributed by atoms with Crippen molar-refractivity contribution >= 4 is 5.82 Å². The molecule has 0 aliphatic heterocycles. The third-order valence-corrected chi connectivity index (χ3v) is 2.43. The molecule has 2 nitrogen and oxygen atoms in total. The van der Waals surface area contributed by atoms with Crippen LogP contribution in [0.1, 0.15) is 5.56 Å². The van der Waals surface area contributed by atoms with Crippen LogP contribution in [-0.2, 0) is 0 Å². The van der Waals surface area contributed by atoms with E-state index < -0.39 is 0 Å². The highest BCUT2D eigenvalue weighted by molar-refractivity contribution is 5.64. The van der Waals surface area contributed by atoms with E-state index in [9.17, 15) is 0 Å². The fraction of sp³-hybridized carbons (Fsp3) is 0.154. The van der Waals surface area contributed by atoms with Gasteiger partial charge in [-0.15, -0.1) is 0 Å². The van der Waals surface area contributed by atoms with Crippen molar-refractivity contribution in [2.24, 2.45) is 0 Å². The van der Waals surface area contributed by atoms with Gasteiger partial charge < -0.3 is 5.32 Å². The number of pyridine rings is 1. The topological polar surface area (TPSA) is 24.9 Å². The highest BCUT2D eigenvalue weighted by atomic mass is 15.0. The second kappa shape index (κ2) is 4.13. The van der Waals surface area contributed by atoms with E-state index in [1.165, 1.54) is 11.1 Å². The fourth-order valence-electron chi connectivity index (χ4n) is 1.58. The zero-order valence-corrected chi connectivity index (χ0v) is 8.99. The Balaban J connectivity index is 2.49. The maximum absolute atomic E-state index is 4.51. The van der Waals surface area contributed by atoms with Crippen LogP contribution in [0, 0.1) is 6.92 Å². The van der Waals surface area contributed by atoms with E-state index >= 15 is 0 Å². The van der Waals surface area contributed by atoms with Crippen molar-refractivity contribution in [3.8, 4) is 11.3 Å². The molecule has 1 heterocycles. The molecule has 1 aromatic carbocycles. The molecule has 76 valence electrons. The zero-order valence-electron chi connectivity index (χ0n) is 8.99. The lowest BCUT2D eigenvalue weighted by Gasteiger charge is -2.06. The third kappa shape index (κ3) is 1.99. The first-order valence-electron chi connectivity index (χ1n) is 5.02. The van der Waals surface area contributed by atoms with Crippen molar-refractivity contribution < 1.29 is 0 Å². The van der Waals surface area contributed by atoms with Crippen LogP contribution >= 0.6 is 0 Å². The molecular weight excluding hydrogens is 184 g/mol. The zero-order chi connectivity index (χ0) is 10.7. The highest BCUT2D eigenvalue weighted by Crippen LogP contribution is 2.21. The number of aromatic nitrogens is 1. The molecule has 0 unspecified atom stereocenters. The second-order valence-electron chi connectivity index (χ2n) is 3.47. The van der Waals surface area contributed by atoms with Crippen LogP contribution < -0.4 is 5.32 Å². The predicted molar refractivity (Wildman–Crippen MR) is 64.0 cm³/mol. The van der Waals surface area contributed by atoms with E-state index in [1.54, 1.807) is 0 Å². The normalized spacial score (nSPS) is 10.0. The highest BCUT2D eigenvalue weighted by Gasteiger charge is 2.02. The van der Waals surface area contributed by atoms with Gasteiger partial charge >= 0.3 is 0 Å². The van der Waals surface area contributed by atoms with Gasteiger partial charge in [0.15, 0.2) is 0 Å². The van der Waals surface area contributed by atoms with Crippen LogP contribution in [0.5, 0.6) is 0 Å². The summed E-state index contributed by atoms with van der Waals surface area (Å²) >= 11 is 0. The quantitative estimate of drug-likeness (QED) is 0.802. The molecule has 1 aromatic heterocycles. The Morgan fingerprint density at radius 2 is 1.80 bits per heavy atom. The molecule has 0 saturated heterocycles. The molecule has 0 fully saturated rings. The second-order valence-corrected chi connectivity index (χ2v) is 3.47. The number of rotatable bonds is 2. The molecule has 2 heteroatoms. The summed E-state index contributed by atoms with van der Waals surface area (Å²) in [7, 11) is 1.88. The van der Waals surface area contributed by atoms with Gasteiger partial charge in [-0.05, 0) is 24.6 Å². The molecule has 15 heavy (non-hydrogen) atoms. The maximum atomic E-state index is 4.51. The van der Waals surface area contributed by atoms with Gasteiger partial charge in [0.1, 0.15) is 5.82 Å². The van der Waals surface area contributed by atoms with Crippen molar-refractivity contribution in [2.45, 2.75) is 6.92 Å². The summed E-state index contributed by atoms with van der Waals surface area (Å²) in [6.45, 7) is 2.10. The number of nitrogens with one attached hydrogen (secondary N) is 1. The first-order valence-corrected chi connectivity index (χ1v) is 5.02. The van der Waals surface area contributed by atoms with Gasteiger partial charge in [0.05, 0.1) is 5.69 Å². The smallest absolute Gasteiger partial charge is 0.126 e. The molecule has 0 aliphatic carbocycles. The van der Waals surface area contributed by atoms with Gasteiger partial charge in [0, 0.05) is 12.6 Å². The minimum absolute atomic E-state index is 0.899. The summed E-state index contributed by atoms with van der Waals surface area (Å²) in [5.41, 5.74) is 3.45. The van der Waals surface area contributed by atoms with Crippen LogP contribution in [-0.4, -0.2) is 12.0 Å². The number of nitrogens with zero attached hydrogens (tertiary/aromatic N) is 1. The van der Waals surface area contributed by atoms with Gasteiger partial charge in [0.2, 0.25) is 0 Å². The molecule has 0 radical (unpaired) electrons. The largest absolute Gasteiger partial charge is 0.373 e. The van der Waals surface area contributed by atoms with Crippen molar-refractivity contribution in [1.82, 2.24) is 4.98 Å². The number of anilines is 1. The van der Waals surface area contributed by atoms with Crippen molar-refractivity contribution in [3.63, 3.8) is 0 Å². The minimum Gasteiger partial charge on any atom is -0.373 e. The van der Waals surface area contributed by atoms with Crippen molar-refractivity contribution in [1.29, 1.82) is 0 Å². The standard InChI is InChI=1S/C13H14N2/c1-10-6-3-4-7-11(10)12-8-5-9-13(14-2)15-12/h3-9H,1-2H3,(H,14,15). The lowest BCUT2D eigenvalue weighted by molar-refractivity contribution is 1.28. The summed E-state index contributed by atoms with van der Waals surface area (Å²) in [4.78, 5) is 4.51. The van der Waals surface area contributed by atoms with Gasteiger partial charge in [0.25, 0.3) is 0 Å². The van der Waals surface area contributed by atoms with Crippen molar-refractivity contribution in [2.75, 3.05) is 12.4 Å². The molecule has 2 rings (SSSR count). The number of benzene rings is 1. The SMILES string of the molecule is CNc1cccc(-c2ccccc2C)n1. The Bertz CT molecular complexity index is 464. The van der Waals surface area contributed by atoms with Crippen LogP contribution in [0.25, 0.3) is 11.3 Å². The average Bonchev–Trinajstić information content (AvgIpc) is 2.30. The minimum atomic E-state index is 0.899. The predicted octanol–water partition coefficient (Wildman–Crippen LogP) is 3.10. The van der Waals surface area contributed by atoms with Crippen LogP contribution in [0.3, 0.4) is 0 Å².